The highest BCUT2D eigenvalue weighted by molar-refractivity contribution is 9.10. The molecule has 1 aromatic rings. The average Bonchev–Trinajstić information content (AvgIpc) is 3.01. The molecule has 25 heavy (non-hydrogen) atoms. The Balaban J connectivity index is 0.00000225. The van der Waals surface area contributed by atoms with E-state index in [-0.39, 0.29) is 36.7 Å². The Morgan fingerprint density at radius 1 is 1.16 bits per heavy atom. The van der Waals surface area contributed by atoms with Crippen LogP contribution in [0.5, 0.6) is 0 Å². The lowest BCUT2D eigenvalue weighted by Crippen LogP contribution is -2.43. The van der Waals surface area contributed by atoms with Gasteiger partial charge in [-0.3, -0.25) is 9.59 Å². The van der Waals surface area contributed by atoms with Crippen LogP contribution in [-0.4, -0.2) is 30.4 Å². The third-order valence-corrected chi connectivity index (χ3v) is 5.49. The fourth-order valence-electron chi connectivity index (χ4n) is 3.70. The van der Waals surface area contributed by atoms with Gasteiger partial charge in [-0.1, -0.05) is 28.8 Å². The molecule has 7 heteroatoms. The van der Waals surface area contributed by atoms with Gasteiger partial charge < -0.3 is 16.0 Å². The number of anilines is 1. The van der Waals surface area contributed by atoms with Crippen molar-refractivity contribution in [3.8, 4) is 0 Å². The van der Waals surface area contributed by atoms with Gasteiger partial charge in [0.2, 0.25) is 11.8 Å². The molecule has 1 aromatic carbocycles. The van der Waals surface area contributed by atoms with E-state index in [2.05, 4.69) is 31.9 Å². The number of benzene rings is 1. The van der Waals surface area contributed by atoms with Crippen LogP contribution in [0.4, 0.5) is 5.69 Å². The van der Waals surface area contributed by atoms with E-state index in [1.165, 1.54) is 25.7 Å². The SMILES string of the molecule is Cl.O=C(CCNC(=O)C1CC2CCCCC2N1)Nc1ccc(Br)cc1. The topological polar surface area (TPSA) is 70.2 Å². The van der Waals surface area contributed by atoms with Gasteiger partial charge in [0.15, 0.2) is 0 Å². The van der Waals surface area contributed by atoms with E-state index in [9.17, 15) is 9.59 Å². The number of carbonyl (C=O) groups is 2. The lowest BCUT2D eigenvalue weighted by Gasteiger charge is -2.24. The maximum atomic E-state index is 12.3. The highest BCUT2D eigenvalue weighted by atomic mass is 79.9. The van der Waals surface area contributed by atoms with E-state index < -0.39 is 0 Å². The zero-order valence-electron chi connectivity index (χ0n) is 14.1. The molecule has 1 saturated carbocycles. The second kappa shape index (κ2) is 9.55. The zero-order valence-corrected chi connectivity index (χ0v) is 16.5. The normalized spacial score (nSPS) is 24.8. The van der Waals surface area contributed by atoms with E-state index in [1.807, 2.05) is 24.3 Å². The number of fused-ring (bicyclic) bond motifs is 1. The molecule has 3 rings (SSSR count). The van der Waals surface area contributed by atoms with Crippen molar-refractivity contribution < 1.29 is 9.59 Å². The summed E-state index contributed by atoms with van der Waals surface area (Å²) in [5.74, 6) is 0.585. The summed E-state index contributed by atoms with van der Waals surface area (Å²) in [6, 6.07) is 7.85. The van der Waals surface area contributed by atoms with Crippen molar-refractivity contribution in [1.29, 1.82) is 0 Å². The van der Waals surface area contributed by atoms with Gasteiger partial charge in [0.05, 0.1) is 6.04 Å². The quantitative estimate of drug-likeness (QED) is 0.671. The van der Waals surface area contributed by atoms with Gasteiger partial charge in [-0.15, -0.1) is 12.4 Å². The molecule has 0 radical (unpaired) electrons. The molecule has 0 bridgehead atoms. The first kappa shape index (κ1) is 20.2. The van der Waals surface area contributed by atoms with Crippen molar-refractivity contribution in [3.63, 3.8) is 0 Å². The van der Waals surface area contributed by atoms with Gasteiger partial charge in [0.25, 0.3) is 0 Å². The summed E-state index contributed by atoms with van der Waals surface area (Å²) in [5, 5.41) is 9.18. The number of nitrogens with one attached hydrogen (secondary N) is 3. The van der Waals surface area contributed by atoms with Crippen molar-refractivity contribution in [1.82, 2.24) is 10.6 Å². The van der Waals surface area contributed by atoms with Gasteiger partial charge in [-0.05, 0) is 49.4 Å². The van der Waals surface area contributed by atoms with Gasteiger partial charge >= 0.3 is 0 Å². The number of amides is 2. The third-order valence-electron chi connectivity index (χ3n) is 4.96. The molecule has 2 fully saturated rings. The fraction of sp³-hybridized carbons (Fsp3) is 0.556. The van der Waals surface area contributed by atoms with E-state index in [0.29, 0.717) is 18.5 Å². The maximum absolute atomic E-state index is 12.3. The van der Waals surface area contributed by atoms with Crippen molar-refractivity contribution in [2.45, 2.75) is 50.6 Å². The van der Waals surface area contributed by atoms with Crippen molar-refractivity contribution >= 4 is 45.8 Å². The summed E-state index contributed by atoms with van der Waals surface area (Å²) >= 11 is 3.36. The summed E-state index contributed by atoms with van der Waals surface area (Å²) < 4.78 is 0.970. The largest absolute Gasteiger partial charge is 0.354 e. The molecule has 3 unspecified atom stereocenters. The van der Waals surface area contributed by atoms with Crippen LogP contribution in [-0.2, 0) is 9.59 Å². The number of hydrogen-bond donors (Lipinski definition) is 3. The fourth-order valence-corrected chi connectivity index (χ4v) is 3.96. The van der Waals surface area contributed by atoms with Crippen LogP contribution in [0.1, 0.15) is 38.5 Å². The average molecular weight is 431 g/mol. The van der Waals surface area contributed by atoms with Crippen LogP contribution in [0, 0.1) is 5.92 Å². The third kappa shape index (κ3) is 5.69. The van der Waals surface area contributed by atoms with E-state index >= 15 is 0 Å². The molecule has 1 saturated heterocycles. The van der Waals surface area contributed by atoms with Crippen LogP contribution < -0.4 is 16.0 Å². The molecular formula is C18H25BrClN3O2. The molecule has 5 nitrogen and oxygen atoms in total. The first-order chi connectivity index (χ1) is 11.6. The van der Waals surface area contributed by atoms with Crippen LogP contribution in [0.25, 0.3) is 0 Å². The van der Waals surface area contributed by atoms with Crippen LogP contribution >= 0.6 is 28.3 Å². The summed E-state index contributed by atoms with van der Waals surface area (Å²) in [5.41, 5.74) is 0.760. The maximum Gasteiger partial charge on any atom is 0.237 e. The molecule has 1 heterocycles. The van der Waals surface area contributed by atoms with Crippen LogP contribution in [0.15, 0.2) is 28.7 Å². The standard InChI is InChI=1S/C18H24BrN3O2.ClH/c19-13-5-7-14(8-6-13)21-17(23)9-10-20-18(24)16-11-12-3-1-2-4-15(12)22-16;/h5-8,12,15-16,22H,1-4,9-11H2,(H,20,24)(H,21,23);1H. The Morgan fingerprint density at radius 3 is 2.60 bits per heavy atom. The molecule has 0 spiro atoms. The molecule has 0 aromatic heterocycles. The lowest BCUT2D eigenvalue weighted by atomic mass is 9.85. The molecule has 1 aliphatic heterocycles. The molecule has 138 valence electrons. The van der Waals surface area contributed by atoms with Gasteiger partial charge in [0, 0.05) is 29.2 Å². The predicted octanol–water partition coefficient (Wildman–Crippen LogP) is 3.24. The summed E-state index contributed by atoms with van der Waals surface area (Å²) in [4.78, 5) is 24.2. The first-order valence-electron chi connectivity index (χ1n) is 8.71. The smallest absolute Gasteiger partial charge is 0.237 e. The monoisotopic (exact) mass is 429 g/mol. The Morgan fingerprint density at radius 2 is 1.88 bits per heavy atom. The first-order valence-corrected chi connectivity index (χ1v) is 9.50. The second-order valence-corrected chi connectivity index (χ2v) is 7.62. The zero-order chi connectivity index (χ0) is 16.9. The number of carbonyl (C=O) groups excluding carboxylic acids is 2. The number of hydrogen-bond acceptors (Lipinski definition) is 3. The predicted molar refractivity (Wildman–Crippen MR) is 105 cm³/mol. The van der Waals surface area contributed by atoms with Gasteiger partial charge in [0.1, 0.15) is 0 Å². The minimum Gasteiger partial charge on any atom is -0.354 e. The van der Waals surface area contributed by atoms with Crippen molar-refractivity contribution in [2.24, 2.45) is 5.92 Å². The summed E-state index contributed by atoms with van der Waals surface area (Å²) in [6.07, 6.45) is 6.18. The van der Waals surface area contributed by atoms with Crippen molar-refractivity contribution in [3.05, 3.63) is 28.7 Å². The summed E-state index contributed by atoms with van der Waals surface area (Å²) in [6.45, 7) is 0.370. The minimum absolute atomic E-state index is 0. The van der Waals surface area contributed by atoms with E-state index in [1.54, 1.807) is 0 Å². The summed E-state index contributed by atoms with van der Waals surface area (Å²) in [7, 11) is 0. The minimum atomic E-state index is -0.0920. The van der Waals surface area contributed by atoms with E-state index in [4.69, 9.17) is 0 Å². The lowest BCUT2D eigenvalue weighted by molar-refractivity contribution is -0.123. The highest BCUT2D eigenvalue weighted by Gasteiger charge is 2.37. The highest BCUT2D eigenvalue weighted by Crippen LogP contribution is 2.33. The Kier molecular flexibility index (Phi) is 7.72. The second-order valence-electron chi connectivity index (χ2n) is 6.70. The Labute approximate surface area is 163 Å². The number of halogens is 2. The molecular weight excluding hydrogens is 406 g/mol. The van der Waals surface area contributed by atoms with E-state index in [0.717, 1.165) is 16.6 Å². The Hall–Kier alpha value is -1.11. The molecule has 2 aliphatic rings. The van der Waals surface area contributed by atoms with Crippen LogP contribution in [0.3, 0.4) is 0 Å². The molecule has 1 aliphatic carbocycles. The Bertz CT molecular complexity index is 582. The van der Waals surface area contributed by atoms with Gasteiger partial charge in [-0.25, -0.2) is 0 Å². The van der Waals surface area contributed by atoms with Crippen LogP contribution in [0.2, 0.25) is 0 Å². The van der Waals surface area contributed by atoms with Crippen molar-refractivity contribution in [2.75, 3.05) is 11.9 Å². The number of rotatable bonds is 5. The molecule has 3 atom stereocenters. The molecule has 2 amide bonds. The van der Waals surface area contributed by atoms with Gasteiger partial charge in [-0.2, -0.15) is 0 Å². The molecule has 3 N–H and O–H groups in total.